The molecule has 2 aromatic rings. The second-order valence-electron chi connectivity index (χ2n) is 18.1. The van der Waals surface area contributed by atoms with Crippen molar-refractivity contribution in [3.63, 3.8) is 0 Å². The van der Waals surface area contributed by atoms with Gasteiger partial charge in [-0.1, -0.05) is 55.5 Å². The molecule has 2 N–H and O–H groups in total. The summed E-state index contributed by atoms with van der Waals surface area (Å²) in [5.41, 5.74) is 3.19. The molecule has 9 nitrogen and oxygen atoms in total. The third-order valence-electron chi connectivity index (χ3n) is 14.1. The normalized spacial score (nSPS) is 35.6. The number of hydrogen-bond acceptors (Lipinski definition) is 7. The number of aliphatic carboxylic acids is 1. The highest BCUT2D eigenvalue weighted by Crippen LogP contribution is 2.65. The highest BCUT2D eigenvalue weighted by Gasteiger charge is 2.57. The number of benzene rings is 2. The van der Waals surface area contributed by atoms with Crippen molar-refractivity contribution in [2.24, 2.45) is 41.4 Å². The number of esters is 1. The SMILES string of the molecule is CC(CP(=O)(OC12CC3CC(CC(C3)C1)C2)C(CC(=O)OC12CC3CC(CC(C3)C1)C2)NC(=O)OCC1c2ccccc2-c2ccccc21)C(=O)O. The molecule has 10 heteroatoms. The first-order valence-electron chi connectivity index (χ1n) is 19.8. The van der Waals surface area contributed by atoms with Gasteiger partial charge in [-0.2, -0.15) is 0 Å². The quantitative estimate of drug-likeness (QED) is 0.164. The maximum atomic E-state index is 15.6. The largest absolute Gasteiger partial charge is 0.481 e. The van der Waals surface area contributed by atoms with E-state index in [1.165, 1.54) is 26.2 Å². The molecule has 8 fully saturated rings. The van der Waals surface area contributed by atoms with Gasteiger partial charge in [0.05, 0.1) is 17.9 Å². The molecule has 278 valence electrons. The zero-order valence-electron chi connectivity index (χ0n) is 30.2. The average molecular weight is 730 g/mol. The first-order chi connectivity index (χ1) is 25.0. The Morgan fingerprint density at radius 3 is 1.71 bits per heavy atom. The number of fused-ring (bicyclic) bond motifs is 3. The van der Waals surface area contributed by atoms with Crippen molar-refractivity contribution in [3.8, 4) is 11.1 Å². The van der Waals surface area contributed by atoms with Gasteiger partial charge in [0.1, 0.15) is 18.0 Å². The predicted octanol–water partition coefficient (Wildman–Crippen LogP) is 8.74. The predicted molar refractivity (Wildman–Crippen MR) is 195 cm³/mol. The molecular weight excluding hydrogens is 677 g/mol. The molecular formula is C42H52NO8P. The zero-order valence-corrected chi connectivity index (χ0v) is 31.1. The van der Waals surface area contributed by atoms with Crippen LogP contribution in [0.1, 0.15) is 107 Å². The summed E-state index contributed by atoms with van der Waals surface area (Å²) in [4.78, 5) is 40.3. The number of rotatable bonds is 12. The van der Waals surface area contributed by atoms with E-state index in [-0.39, 0.29) is 25.1 Å². The summed E-state index contributed by atoms with van der Waals surface area (Å²) < 4.78 is 34.8. The molecule has 0 radical (unpaired) electrons. The van der Waals surface area contributed by atoms with E-state index in [0.29, 0.717) is 35.5 Å². The van der Waals surface area contributed by atoms with Crippen LogP contribution in [0.2, 0.25) is 0 Å². The van der Waals surface area contributed by atoms with E-state index in [2.05, 4.69) is 17.4 Å². The van der Waals surface area contributed by atoms with Crippen molar-refractivity contribution >= 4 is 25.4 Å². The maximum Gasteiger partial charge on any atom is 0.407 e. The third kappa shape index (κ3) is 6.42. The van der Waals surface area contributed by atoms with Crippen LogP contribution in [0.3, 0.4) is 0 Å². The van der Waals surface area contributed by atoms with Gasteiger partial charge in [0.2, 0.25) is 7.37 Å². The minimum absolute atomic E-state index is 0.0516. The molecule has 3 atom stereocenters. The number of carboxylic acids is 1. The van der Waals surface area contributed by atoms with Crippen molar-refractivity contribution in [3.05, 3.63) is 59.7 Å². The van der Waals surface area contributed by atoms with Gasteiger partial charge >= 0.3 is 18.0 Å². The Kier molecular flexibility index (Phi) is 8.65. The summed E-state index contributed by atoms with van der Waals surface area (Å²) >= 11 is 0. The smallest absolute Gasteiger partial charge is 0.407 e. The molecule has 0 heterocycles. The molecule has 8 bridgehead atoms. The van der Waals surface area contributed by atoms with Crippen molar-refractivity contribution in [1.82, 2.24) is 5.32 Å². The Labute approximate surface area is 306 Å². The first-order valence-corrected chi connectivity index (χ1v) is 21.7. The van der Waals surface area contributed by atoms with Gasteiger partial charge in [0, 0.05) is 12.1 Å². The molecule has 1 amide bonds. The van der Waals surface area contributed by atoms with E-state index in [1.54, 1.807) is 0 Å². The lowest BCUT2D eigenvalue weighted by molar-refractivity contribution is -0.186. The van der Waals surface area contributed by atoms with Gasteiger partial charge in [-0.15, -0.1) is 0 Å². The molecule has 9 aliphatic carbocycles. The highest BCUT2D eigenvalue weighted by atomic mass is 31.2. The topological polar surface area (TPSA) is 128 Å². The molecule has 0 aliphatic heterocycles. The van der Waals surface area contributed by atoms with Crippen LogP contribution >= 0.6 is 7.37 Å². The van der Waals surface area contributed by atoms with Crippen LogP contribution in [0.25, 0.3) is 11.1 Å². The van der Waals surface area contributed by atoms with Crippen LogP contribution in [-0.2, 0) is 28.2 Å². The van der Waals surface area contributed by atoms with E-state index in [4.69, 9.17) is 14.0 Å². The third-order valence-corrected chi connectivity index (χ3v) is 17.1. The van der Waals surface area contributed by atoms with Crippen molar-refractivity contribution in [2.45, 2.75) is 113 Å². The lowest BCUT2D eigenvalue weighted by Gasteiger charge is -2.57. The molecule has 3 unspecified atom stereocenters. The number of alkyl carbamates (subject to hydrolysis) is 1. The summed E-state index contributed by atoms with van der Waals surface area (Å²) in [7, 11) is -4.03. The molecule has 0 saturated heterocycles. The summed E-state index contributed by atoms with van der Waals surface area (Å²) in [6, 6.07) is 16.2. The molecule has 9 aliphatic rings. The molecule has 11 rings (SSSR count). The van der Waals surface area contributed by atoms with Gasteiger partial charge < -0.3 is 24.4 Å². The van der Waals surface area contributed by atoms with Crippen molar-refractivity contribution in [1.29, 1.82) is 0 Å². The van der Waals surface area contributed by atoms with Crippen LogP contribution in [0.4, 0.5) is 4.79 Å². The Morgan fingerprint density at radius 1 is 0.769 bits per heavy atom. The molecule has 52 heavy (non-hydrogen) atoms. The van der Waals surface area contributed by atoms with Gasteiger partial charge in [-0.3, -0.25) is 14.2 Å². The summed E-state index contributed by atoms with van der Waals surface area (Å²) in [5.74, 6) is -0.899. The standard InChI is InChI=1S/C42H52NO8P/c1-25(39(45)46)24-52(48,51-42-20-29-13-30(21-42)15-31(14-29)22-42)37(16-38(44)50-41-17-26-10-27(18-41)12-28(11-26)19-41)43-40(47)49-23-36-34-8-4-2-6-32(34)33-7-3-5-9-35(33)36/h2-9,25-31,36-37H,10-24H2,1H3,(H,43,47)(H,45,46). The van der Waals surface area contributed by atoms with Crippen LogP contribution in [-0.4, -0.2) is 52.9 Å². The first kappa shape index (κ1) is 34.6. The van der Waals surface area contributed by atoms with Gasteiger partial charge in [0.15, 0.2) is 0 Å². The molecule has 0 spiro atoms. The van der Waals surface area contributed by atoms with Crippen LogP contribution in [0, 0.1) is 41.4 Å². The number of hydrogen-bond donors (Lipinski definition) is 2. The number of nitrogens with one attached hydrogen (secondary N) is 1. The highest BCUT2D eigenvalue weighted by molar-refractivity contribution is 7.59. The van der Waals surface area contributed by atoms with E-state index in [1.807, 2.05) is 36.4 Å². The van der Waals surface area contributed by atoms with Crippen LogP contribution in [0.5, 0.6) is 0 Å². The maximum absolute atomic E-state index is 15.6. The fourth-order valence-electron chi connectivity index (χ4n) is 12.8. The van der Waals surface area contributed by atoms with Crippen molar-refractivity contribution < 1.29 is 38.1 Å². The number of carbonyl (C=O) groups excluding carboxylic acids is 2. The zero-order chi connectivity index (χ0) is 35.8. The molecule has 8 saturated carbocycles. The fraction of sp³-hybridized carbons (Fsp3) is 0.643. The lowest BCUT2D eigenvalue weighted by atomic mass is 9.54. The summed E-state index contributed by atoms with van der Waals surface area (Å²) in [6.45, 7) is 1.58. The minimum atomic E-state index is -4.03. The number of ether oxygens (including phenoxy) is 2. The number of carbonyl (C=O) groups is 3. The van der Waals surface area contributed by atoms with Gasteiger partial charge in [-0.05, 0) is 135 Å². The van der Waals surface area contributed by atoms with Gasteiger partial charge in [-0.25, -0.2) is 4.79 Å². The van der Waals surface area contributed by atoms with E-state index < -0.39 is 48.3 Å². The van der Waals surface area contributed by atoms with E-state index in [0.717, 1.165) is 80.0 Å². The molecule has 2 aromatic carbocycles. The van der Waals surface area contributed by atoms with Gasteiger partial charge in [0.25, 0.3) is 0 Å². The monoisotopic (exact) mass is 729 g/mol. The summed E-state index contributed by atoms with van der Waals surface area (Å²) in [5, 5.41) is 12.9. The summed E-state index contributed by atoms with van der Waals surface area (Å²) in [6.07, 6.45) is 10.5. The minimum Gasteiger partial charge on any atom is -0.481 e. The second-order valence-corrected chi connectivity index (χ2v) is 20.7. The second kappa shape index (κ2) is 13.0. The lowest BCUT2D eigenvalue weighted by Crippen LogP contribution is -2.54. The van der Waals surface area contributed by atoms with E-state index in [9.17, 15) is 19.5 Å². The number of amides is 1. The van der Waals surface area contributed by atoms with Crippen molar-refractivity contribution in [2.75, 3.05) is 12.8 Å². The Morgan fingerprint density at radius 2 is 1.23 bits per heavy atom. The number of carboxylic acid groups (broad SMARTS) is 1. The van der Waals surface area contributed by atoms with Crippen LogP contribution in [0.15, 0.2) is 48.5 Å². The Hall–Kier alpha value is -3.16. The Balaban J connectivity index is 0.988. The fourth-order valence-corrected chi connectivity index (χ4v) is 15.8. The molecule has 0 aromatic heterocycles. The van der Waals surface area contributed by atoms with Crippen LogP contribution < -0.4 is 5.32 Å². The average Bonchev–Trinajstić information content (AvgIpc) is 3.38. The van der Waals surface area contributed by atoms with E-state index >= 15 is 4.57 Å². The Bertz CT molecular complexity index is 1690.